The van der Waals surface area contributed by atoms with Crippen LogP contribution in [0.4, 0.5) is 10.3 Å². The van der Waals surface area contributed by atoms with Gasteiger partial charge in [0.15, 0.2) is 0 Å². The van der Waals surface area contributed by atoms with Gasteiger partial charge in [-0.05, 0) is 40.5 Å². The molecule has 0 fully saturated rings. The SMILES string of the molecule is Cc1ccc(-c2c(-c3c(F)cccc3Br)noc2N)cc1. The molecule has 1 aromatic heterocycles. The van der Waals surface area contributed by atoms with Gasteiger partial charge in [-0.1, -0.05) is 41.1 Å². The van der Waals surface area contributed by atoms with Crippen LogP contribution in [0.1, 0.15) is 5.56 Å². The van der Waals surface area contributed by atoms with Gasteiger partial charge in [0, 0.05) is 4.47 Å². The molecule has 2 N–H and O–H groups in total. The Kier molecular flexibility index (Phi) is 3.51. The predicted octanol–water partition coefficient (Wildman–Crippen LogP) is 4.80. The first-order chi connectivity index (χ1) is 10.1. The van der Waals surface area contributed by atoms with E-state index in [-0.39, 0.29) is 11.7 Å². The summed E-state index contributed by atoms with van der Waals surface area (Å²) in [5.74, 6) is -0.213. The lowest BCUT2D eigenvalue weighted by atomic mass is 10.00. The van der Waals surface area contributed by atoms with E-state index in [0.29, 0.717) is 21.3 Å². The number of nitrogen functional groups attached to an aromatic ring is 1. The van der Waals surface area contributed by atoms with Crippen molar-refractivity contribution in [3.63, 3.8) is 0 Å². The van der Waals surface area contributed by atoms with Crippen LogP contribution in [0.15, 0.2) is 51.5 Å². The second-order valence-corrected chi connectivity index (χ2v) is 5.59. The van der Waals surface area contributed by atoms with Crippen molar-refractivity contribution in [1.29, 1.82) is 0 Å². The first kappa shape index (κ1) is 13.8. The van der Waals surface area contributed by atoms with Crippen LogP contribution in [0.3, 0.4) is 0 Å². The Labute approximate surface area is 129 Å². The number of aryl methyl sites for hydroxylation is 1. The Bertz CT molecular complexity index is 776. The van der Waals surface area contributed by atoms with Crippen LogP contribution in [-0.2, 0) is 0 Å². The van der Waals surface area contributed by atoms with Gasteiger partial charge in [0.05, 0.1) is 11.1 Å². The molecule has 106 valence electrons. The third-order valence-electron chi connectivity index (χ3n) is 3.26. The summed E-state index contributed by atoms with van der Waals surface area (Å²) in [5, 5.41) is 3.94. The number of hydrogen-bond donors (Lipinski definition) is 1. The molecule has 3 nitrogen and oxygen atoms in total. The zero-order valence-electron chi connectivity index (χ0n) is 11.2. The Morgan fingerprint density at radius 3 is 2.48 bits per heavy atom. The smallest absolute Gasteiger partial charge is 0.230 e. The molecule has 2 aromatic carbocycles. The monoisotopic (exact) mass is 346 g/mol. The van der Waals surface area contributed by atoms with Crippen LogP contribution in [0.25, 0.3) is 22.4 Å². The maximum atomic E-state index is 14.2. The maximum Gasteiger partial charge on any atom is 0.230 e. The highest BCUT2D eigenvalue weighted by Gasteiger charge is 2.21. The third-order valence-corrected chi connectivity index (χ3v) is 3.92. The summed E-state index contributed by atoms with van der Waals surface area (Å²) in [6.07, 6.45) is 0. The van der Waals surface area contributed by atoms with E-state index in [1.165, 1.54) is 6.07 Å². The topological polar surface area (TPSA) is 52.0 Å². The van der Waals surface area contributed by atoms with Gasteiger partial charge >= 0.3 is 0 Å². The summed E-state index contributed by atoms with van der Waals surface area (Å²) in [7, 11) is 0. The van der Waals surface area contributed by atoms with Crippen molar-refractivity contribution in [2.45, 2.75) is 6.92 Å². The van der Waals surface area contributed by atoms with E-state index in [9.17, 15) is 4.39 Å². The minimum atomic E-state index is -0.383. The van der Waals surface area contributed by atoms with E-state index in [1.54, 1.807) is 12.1 Å². The molecule has 21 heavy (non-hydrogen) atoms. The van der Waals surface area contributed by atoms with Gasteiger partial charge in [0.25, 0.3) is 0 Å². The van der Waals surface area contributed by atoms with Gasteiger partial charge in [-0.25, -0.2) is 4.39 Å². The summed E-state index contributed by atoms with van der Waals surface area (Å²) in [4.78, 5) is 0. The molecule has 0 unspecified atom stereocenters. The largest absolute Gasteiger partial charge is 0.367 e. The highest BCUT2D eigenvalue weighted by atomic mass is 79.9. The van der Waals surface area contributed by atoms with E-state index in [4.69, 9.17) is 10.3 Å². The molecule has 0 aliphatic heterocycles. The fourth-order valence-electron chi connectivity index (χ4n) is 2.20. The fourth-order valence-corrected chi connectivity index (χ4v) is 2.73. The van der Waals surface area contributed by atoms with Gasteiger partial charge in [-0.15, -0.1) is 0 Å². The standard InChI is InChI=1S/C16H12BrFN2O/c1-9-5-7-10(8-6-9)13-15(20-21-16(13)19)14-11(17)3-2-4-12(14)18/h2-8H,19H2,1H3. The van der Waals surface area contributed by atoms with Gasteiger partial charge in [-0.3, -0.25) is 0 Å². The zero-order chi connectivity index (χ0) is 15.0. The van der Waals surface area contributed by atoms with Gasteiger partial charge < -0.3 is 10.3 Å². The van der Waals surface area contributed by atoms with E-state index in [1.807, 2.05) is 31.2 Å². The fraction of sp³-hybridized carbons (Fsp3) is 0.0625. The summed E-state index contributed by atoms with van der Waals surface area (Å²) in [6, 6.07) is 12.5. The Morgan fingerprint density at radius 1 is 1.10 bits per heavy atom. The predicted molar refractivity (Wildman–Crippen MR) is 84.2 cm³/mol. The van der Waals surface area contributed by atoms with Crippen molar-refractivity contribution in [2.75, 3.05) is 5.73 Å². The van der Waals surface area contributed by atoms with Crippen molar-refractivity contribution in [3.8, 4) is 22.4 Å². The molecule has 0 bridgehead atoms. The second kappa shape index (κ2) is 5.33. The molecule has 0 atom stereocenters. The van der Waals surface area contributed by atoms with Crippen LogP contribution >= 0.6 is 15.9 Å². The zero-order valence-corrected chi connectivity index (χ0v) is 12.8. The van der Waals surface area contributed by atoms with Gasteiger partial charge in [0.2, 0.25) is 5.88 Å². The van der Waals surface area contributed by atoms with Gasteiger partial charge in [-0.2, -0.15) is 0 Å². The van der Waals surface area contributed by atoms with Crippen LogP contribution in [0.2, 0.25) is 0 Å². The Morgan fingerprint density at radius 2 is 1.81 bits per heavy atom. The first-order valence-electron chi connectivity index (χ1n) is 6.34. The Balaban J connectivity index is 2.24. The van der Waals surface area contributed by atoms with E-state index in [0.717, 1.165) is 11.1 Å². The molecule has 0 saturated carbocycles. The van der Waals surface area contributed by atoms with Crippen LogP contribution in [0, 0.1) is 12.7 Å². The molecule has 1 heterocycles. The Hall–Kier alpha value is -2.14. The lowest BCUT2D eigenvalue weighted by Crippen LogP contribution is -1.91. The first-order valence-corrected chi connectivity index (χ1v) is 7.14. The summed E-state index contributed by atoms with van der Waals surface area (Å²) in [6.45, 7) is 2.00. The number of halogens is 2. The molecule has 0 aliphatic carbocycles. The number of anilines is 1. The molecule has 0 amide bonds. The highest BCUT2D eigenvalue weighted by Crippen LogP contribution is 2.40. The summed E-state index contributed by atoms with van der Waals surface area (Å²) in [5.41, 5.74) is 9.18. The minimum Gasteiger partial charge on any atom is -0.367 e. The quantitative estimate of drug-likeness (QED) is 0.724. The minimum absolute atomic E-state index is 0.170. The lowest BCUT2D eigenvalue weighted by molar-refractivity contribution is 0.439. The van der Waals surface area contributed by atoms with Crippen molar-refractivity contribution in [3.05, 3.63) is 58.3 Å². The lowest BCUT2D eigenvalue weighted by Gasteiger charge is -2.06. The highest BCUT2D eigenvalue weighted by molar-refractivity contribution is 9.10. The van der Waals surface area contributed by atoms with Crippen molar-refractivity contribution >= 4 is 21.8 Å². The number of aromatic nitrogens is 1. The number of hydrogen-bond acceptors (Lipinski definition) is 3. The summed E-state index contributed by atoms with van der Waals surface area (Å²) < 4.78 is 19.8. The molecule has 5 heteroatoms. The molecule has 3 aromatic rings. The molecule has 0 radical (unpaired) electrons. The normalized spacial score (nSPS) is 10.8. The average Bonchev–Trinajstić information content (AvgIpc) is 2.82. The molecular formula is C16H12BrFN2O. The molecule has 3 rings (SSSR count). The van der Waals surface area contributed by atoms with E-state index < -0.39 is 0 Å². The molecule has 0 saturated heterocycles. The number of benzene rings is 2. The van der Waals surface area contributed by atoms with Crippen molar-refractivity contribution < 1.29 is 8.91 Å². The van der Waals surface area contributed by atoms with Crippen LogP contribution < -0.4 is 5.73 Å². The van der Waals surface area contributed by atoms with Crippen molar-refractivity contribution in [1.82, 2.24) is 5.16 Å². The number of nitrogens with two attached hydrogens (primary N) is 1. The third kappa shape index (κ3) is 2.45. The van der Waals surface area contributed by atoms with Crippen molar-refractivity contribution in [2.24, 2.45) is 0 Å². The number of nitrogens with zero attached hydrogens (tertiary/aromatic N) is 1. The number of rotatable bonds is 2. The van der Waals surface area contributed by atoms with E-state index >= 15 is 0 Å². The van der Waals surface area contributed by atoms with Crippen LogP contribution in [-0.4, -0.2) is 5.16 Å². The molecule has 0 spiro atoms. The maximum absolute atomic E-state index is 14.2. The molecule has 0 aliphatic rings. The van der Waals surface area contributed by atoms with Crippen LogP contribution in [0.5, 0.6) is 0 Å². The van der Waals surface area contributed by atoms with E-state index in [2.05, 4.69) is 21.1 Å². The average molecular weight is 347 g/mol. The second-order valence-electron chi connectivity index (χ2n) is 4.73. The molecular weight excluding hydrogens is 335 g/mol. The van der Waals surface area contributed by atoms with Gasteiger partial charge in [0.1, 0.15) is 11.5 Å². The summed E-state index contributed by atoms with van der Waals surface area (Å²) >= 11 is 3.35.